The summed E-state index contributed by atoms with van der Waals surface area (Å²) in [5, 5.41) is 0. The minimum Gasteiger partial charge on any atom is -0.331 e. The Labute approximate surface area is 185 Å². The standard InChI is InChI=1S/C25H35N3O3/c1-18(2)20-9-7-19(8-10-20)17-26-13-15-27(16-14-26)23(29)11-12-28-24(30)21-5-3-4-6-22(21)25(28)31/h7-10,18,21-22H,3-6,11-17H2,1-2H3/p+1/t21-,22-/m1/s1. The van der Waals surface area contributed by atoms with E-state index in [0.717, 1.165) is 58.4 Å². The second-order valence-corrected chi connectivity index (χ2v) is 9.78. The summed E-state index contributed by atoms with van der Waals surface area (Å²) < 4.78 is 0. The van der Waals surface area contributed by atoms with Gasteiger partial charge in [-0.25, -0.2) is 0 Å². The zero-order valence-corrected chi connectivity index (χ0v) is 18.9. The van der Waals surface area contributed by atoms with Crippen LogP contribution in [-0.4, -0.2) is 60.2 Å². The van der Waals surface area contributed by atoms with Gasteiger partial charge in [0.1, 0.15) is 6.54 Å². The van der Waals surface area contributed by atoms with E-state index in [-0.39, 0.29) is 42.5 Å². The second kappa shape index (κ2) is 9.51. The first-order valence-electron chi connectivity index (χ1n) is 12.0. The number of carbonyl (C=O) groups is 3. The van der Waals surface area contributed by atoms with Gasteiger partial charge >= 0.3 is 0 Å². The zero-order chi connectivity index (χ0) is 22.0. The van der Waals surface area contributed by atoms with Crippen LogP contribution < -0.4 is 4.90 Å². The highest BCUT2D eigenvalue weighted by Gasteiger charge is 2.47. The van der Waals surface area contributed by atoms with Crippen molar-refractivity contribution in [2.45, 2.75) is 58.4 Å². The van der Waals surface area contributed by atoms with Crippen LogP contribution >= 0.6 is 0 Å². The molecule has 6 nitrogen and oxygen atoms in total. The van der Waals surface area contributed by atoms with Gasteiger partial charge in [0.05, 0.1) is 38.0 Å². The maximum absolute atomic E-state index is 12.7. The lowest BCUT2D eigenvalue weighted by Gasteiger charge is -2.32. The maximum Gasteiger partial charge on any atom is 0.233 e. The van der Waals surface area contributed by atoms with Gasteiger partial charge in [-0.3, -0.25) is 19.3 Å². The molecule has 6 heteroatoms. The molecule has 1 saturated carbocycles. The molecule has 1 aliphatic carbocycles. The van der Waals surface area contributed by atoms with Crippen molar-refractivity contribution in [2.24, 2.45) is 11.8 Å². The normalized spacial score (nSPS) is 24.7. The van der Waals surface area contributed by atoms with Crippen molar-refractivity contribution in [1.29, 1.82) is 0 Å². The van der Waals surface area contributed by atoms with Crippen LogP contribution in [0.2, 0.25) is 0 Å². The van der Waals surface area contributed by atoms with Gasteiger partial charge in [0.25, 0.3) is 0 Å². The van der Waals surface area contributed by atoms with Crippen LogP contribution in [0, 0.1) is 11.8 Å². The molecule has 168 valence electrons. The minimum atomic E-state index is -0.127. The molecular formula is C25H36N3O3+. The average Bonchev–Trinajstić information content (AvgIpc) is 3.03. The lowest BCUT2D eigenvalue weighted by molar-refractivity contribution is -0.917. The molecule has 1 aromatic rings. The van der Waals surface area contributed by atoms with Crippen LogP contribution in [0.15, 0.2) is 24.3 Å². The van der Waals surface area contributed by atoms with Crippen LogP contribution in [-0.2, 0) is 20.9 Å². The highest BCUT2D eigenvalue weighted by atomic mass is 16.2. The van der Waals surface area contributed by atoms with Gasteiger partial charge in [-0.05, 0) is 24.3 Å². The number of hydrogen-bond acceptors (Lipinski definition) is 3. The minimum absolute atomic E-state index is 0.0414. The van der Waals surface area contributed by atoms with E-state index in [4.69, 9.17) is 0 Å². The number of nitrogens with one attached hydrogen (secondary N) is 1. The van der Waals surface area contributed by atoms with Crippen molar-refractivity contribution < 1.29 is 19.3 Å². The van der Waals surface area contributed by atoms with E-state index in [2.05, 4.69) is 38.1 Å². The molecule has 3 aliphatic rings. The molecular weight excluding hydrogens is 390 g/mol. The SMILES string of the molecule is CC(C)c1ccc(C[NH+]2CCN(C(=O)CCN3C(=O)[C@@H]4CCCC[C@H]4C3=O)CC2)cc1. The fourth-order valence-corrected chi connectivity index (χ4v) is 5.38. The van der Waals surface area contributed by atoms with Crippen molar-refractivity contribution in [3.63, 3.8) is 0 Å². The van der Waals surface area contributed by atoms with Crippen LogP contribution in [0.4, 0.5) is 0 Å². The summed E-state index contributed by atoms with van der Waals surface area (Å²) in [5.74, 6) is 0.277. The summed E-state index contributed by atoms with van der Waals surface area (Å²) in [6.07, 6.45) is 3.96. The average molecular weight is 427 g/mol. The van der Waals surface area contributed by atoms with Crippen molar-refractivity contribution in [1.82, 2.24) is 9.80 Å². The number of carbonyl (C=O) groups excluding carboxylic acids is 3. The van der Waals surface area contributed by atoms with Crippen molar-refractivity contribution in [2.75, 3.05) is 32.7 Å². The van der Waals surface area contributed by atoms with E-state index in [1.165, 1.54) is 20.9 Å². The van der Waals surface area contributed by atoms with E-state index in [1.54, 1.807) is 0 Å². The third kappa shape index (κ3) is 4.84. The molecule has 0 spiro atoms. The number of imide groups is 1. The smallest absolute Gasteiger partial charge is 0.233 e. The number of likely N-dealkylation sites (tertiary alicyclic amines) is 1. The molecule has 0 aromatic heterocycles. The first-order chi connectivity index (χ1) is 14.9. The molecule has 0 radical (unpaired) electrons. The van der Waals surface area contributed by atoms with Crippen LogP contribution in [0.3, 0.4) is 0 Å². The molecule has 0 unspecified atom stereocenters. The summed E-state index contributed by atoms with van der Waals surface area (Å²) >= 11 is 0. The van der Waals surface area contributed by atoms with Crippen molar-refractivity contribution in [3.05, 3.63) is 35.4 Å². The number of fused-ring (bicyclic) bond motifs is 1. The zero-order valence-electron chi connectivity index (χ0n) is 18.9. The predicted molar refractivity (Wildman–Crippen MR) is 118 cm³/mol. The first-order valence-corrected chi connectivity index (χ1v) is 12.0. The molecule has 0 bridgehead atoms. The molecule has 4 rings (SSSR count). The van der Waals surface area contributed by atoms with Crippen LogP contribution in [0.5, 0.6) is 0 Å². The third-order valence-corrected chi connectivity index (χ3v) is 7.41. The van der Waals surface area contributed by atoms with E-state index in [0.29, 0.717) is 5.92 Å². The maximum atomic E-state index is 12.7. The molecule has 2 atom stereocenters. The van der Waals surface area contributed by atoms with E-state index < -0.39 is 0 Å². The number of hydrogen-bond donors (Lipinski definition) is 1. The Morgan fingerprint density at radius 3 is 2.13 bits per heavy atom. The number of rotatable bonds is 6. The Bertz CT molecular complexity index is 788. The third-order valence-electron chi connectivity index (χ3n) is 7.41. The van der Waals surface area contributed by atoms with Gasteiger partial charge in [0.15, 0.2) is 0 Å². The fourth-order valence-electron chi connectivity index (χ4n) is 5.38. The molecule has 3 fully saturated rings. The second-order valence-electron chi connectivity index (χ2n) is 9.78. The summed E-state index contributed by atoms with van der Waals surface area (Å²) in [6, 6.07) is 8.88. The highest BCUT2D eigenvalue weighted by Crippen LogP contribution is 2.38. The molecule has 1 aromatic carbocycles. The Morgan fingerprint density at radius 2 is 1.58 bits per heavy atom. The van der Waals surface area contributed by atoms with Crippen LogP contribution in [0.25, 0.3) is 0 Å². The molecule has 2 aliphatic heterocycles. The number of quaternary nitrogens is 1. The van der Waals surface area contributed by atoms with Gasteiger partial charge in [-0.15, -0.1) is 0 Å². The first kappa shape index (κ1) is 22.0. The Balaban J connectivity index is 1.22. The summed E-state index contributed by atoms with van der Waals surface area (Å²) in [6.45, 7) is 9.00. The van der Waals surface area contributed by atoms with E-state index in [9.17, 15) is 14.4 Å². The number of benzene rings is 1. The van der Waals surface area contributed by atoms with Crippen LogP contribution in [0.1, 0.15) is 63.0 Å². The number of amides is 3. The predicted octanol–water partition coefficient (Wildman–Crippen LogP) is 1.60. The summed E-state index contributed by atoms with van der Waals surface area (Å²) in [4.78, 5) is 42.7. The van der Waals surface area contributed by atoms with Gasteiger partial charge in [0, 0.05) is 18.5 Å². The summed E-state index contributed by atoms with van der Waals surface area (Å²) in [5.41, 5.74) is 2.70. The van der Waals surface area contributed by atoms with Gasteiger partial charge in [-0.1, -0.05) is 51.0 Å². The van der Waals surface area contributed by atoms with E-state index >= 15 is 0 Å². The van der Waals surface area contributed by atoms with Crippen molar-refractivity contribution in [3.8, 4) is 0 Å². The molecule has 2 saturated heterocycles. The fraction of sp³-hybridized carbons (Fsp3) is 0.640. The molecule has 3 amide bonds. The van der Waals surface area contributed by atoms with E-state index in [1.807, 2.05) is 4.90 Å². The van der Waals surface area contributed by atoms with Gasteiger partial charge in [0.2, 0.25) is 17.7 Å². The number of piperazine rings is 1. The Morgan fingerprint density at radius 1 is 1.00 bits per heavy atom. The molecule has 2 heterocycles. The van der Waals surface area contributed by atoms with Gasteiger partial charge in [-0.2, -0.15) is 0 Å². The molecule has 31 heavy (non-hydrogen) atoms. The monoisotopic (exact) mass is 426 g/mol. The Hall–Kier alpha value is -2.21. The largest absolute Gasteiger partial charge is 0.331 e. The van der Waals surface area contributed by atoms with Gasteiger partial charge < -0.3 is 9.80 Å². The highest BCUT2D eigenvalue weighted by molar-refractivity contribution is 6.05. The summed E-state index contributed by atoms with van der Waals surface area (Å²) in [7, 11) is 0. The Kier molecular flexibility index (Phi) is 6.75. The topological polar surface area (TPSA) is 62.1 Å². The molecule has 1 N–H and O–H groups in total. The van der Waals surface area contributed by atoms with Crippen molar-refractivity contribution >= 4 is 17.7 Å². The lowest BCUT2D eigenvalue weighted by Crippen LogP contribution is -3.13. The quantitative estimate of drug-likeness (QED) is 0.703. The lowest BCUT2D eigenvalue weighted by atomic mass is 9.81. The number of nitrogens with zero attached hydrogens (tertiary/aromatic N) is 2.